The number of aryl methyl sites for hydroxylation is 1. The van der Waals surface area contributed by atoms with Crippen LogP contribution < -0.4 is 5.32 Å². The number of halogens is 1. The molecule has 3 aromatic rings. The Hall–Kier alpha value is -3.04. The van der Waals surface area contributed by atoms with Gasteiger partial charge >= 0.3 is 0 Å². The van der Waals surface area contributed by atoms with Gasteiger partial charge in [-0.15, -0.1) is 0 Å². The summed E-state index contributed by atoms with van der Waals surface area (Å²) in [5.41, 5.74) is 0.854. The van der Waals surface area contributed by atoms with Crippen molar-refractivity contribution in [3.63, 3.8) is 0 Å². The maximum absolute atomic E-state index is 13.8. The molecule has 0 aliphatic carbocycles. The van der Waals surface area contributed by atoms with Gasteiger partial charge in [-0.05, 0) is 54.8 Å². The van der Waals surface area contributed by atoms with Crippen LogP contribution in [0.3, 0.4) is 0 Å². The second-order valence-electron chi connectivity index (χ2n) is 7.49. The predicted molar refractivity (Wildman–Crippen MR) is 113 cm³/mol. The molecular formula is C22H23FN4O3S. The summed E-state index contributed by atoms with van der Waals surface area (Å²) in [6, 6.07) is 11.2. The third-order valence-corrected chi connectivity index (χ3v) is 7.31. The average molecular weight is 443 g/mol. The summed E-state index contributed by atoms with van der Waals surface area (Å²) in [5.74, 6) is -0.281. The second kappa shape index (κ2) is 8.60. The van der Waals surface area contributed by atoms with Gasteiger partial charge in [0.05, 0.1) is 4.90 Å². The van der Waals surface area contributed by atoms with E-state index in [0.717, 1.165) is 12.8 Å². The van der Waals surface area contributed by atoms with Crippen LogP contribution in [0.4, 0.5) is 4.39 Å². The minimum Gasteiger partial charge on any atom is -0.338 e. The minimum absolute atomic E-state index is 0.164. The van der Waals surface area contributed by atoms with Crippen LogP contribution >= 0.6 is 0 Å². The lowest BCUT2D eigenvalue weighted by Gasteiger charge is -2.20. The molecule has 1 fully saturated rings. The van der Waals surface area contributed by atoms with Crippen LogP contribution in [0, 0.1) is 5.82 Å². The maximum Gasteiger partial charge on any atom is 0.252 e. The largest absolute Gasteiger partial charge is 0.338 e. The molecule has 0 saturated carbocycles. The van der Waals surface area contributed by atoms with Gasteiger partial charge in [-0.2, -0.15) is 4.31 Å². The summed E-state index contributed by atoms with van der Waals surface area (Å²) in [6.07, 6.45) is 5.06. The van der Waals surface area contributed by atoms with E-state index in [9.17, 15) is 17.6 Å². The first kappa shape index (κ1) is 21.2. The molecule has 162 valence electrons. The Balaban J connectivity index is 1.58. The van der Waals surface area contributed by atoms with Crippen LogP contribution in [0.1, 0.15) is 40.6 Å². The molecule has 0 spiro atoms. The molecule has 9 heteroatoms. The Kier molecular flexibility index (Phi) is 5.88. The number of nitrogens with one attached hydrogen (secondary N) is 1. The number of sulfonamides is 1. The number of carbonyl (C=O) groups is 1. The van der Waals surface area contributed by atoms with Crippen molar-refractivity contribution in [1.29, 1.82) is 0 Å². The quantitative estimate of drug-likeness (QED) is 0.636. The minimum atomic E-state index is -3.55. The van der Waals surface area contributed by atoms with Gasteiger partial charge in [-0.25, -0.2) is 17.8 Å². The predicted octanol–water partition coefficient (Wildman–Crippen LogP) is 2.86. The van der Waals surface area contributed by atoms with E-state index >= 15 is 0 Å². The molecule has 1 aromatic heterocycles. The van der Waals surface area contributed by atoms with E-state index in [1.807, 2.05) is 0 Å². The Morgan fingerprint density at radius 3 is 2.45 bits per heavy atom. The van der Waals surface area contributed by atoms with Crippen LogP contribution in [0.5, 0.6) is 0 Å². The third-order valence-electron chi connectivity index (χ3n) is 5.39. The highest BCUT2D eigenvalue weighted by molar-refractivity contribution is 7.89. The Morgan fingerprint density at radius 1 is 1.13 bits per heavy atom. The van der Waals surface area contributed by atoms with Crippen molar-refractivity contribution in [2.24, 2.45) is 7.05 Å². The van der Waals surface area contributed by atoms with Gasteiger partial charge in [0.2, 0.25) is 10.0 Å². The van der Waals surface area contributed by atoms with Crippen molar-refractivity contribution in [2.75, 3.05) is 13.1 Å². The summed E-state index contributed by atoms with van der Waals surface area (Å²) < 4.78 is 42.4. The average Bonchev–Trinajstić information content (AvgIpc) is 3.44. The van der Waals surface area contributed by atoms with Gasteiger partial charge in [-0.3, -0.25) is 4.79 Å². The number of carbonyl (C=O) groups excluding carboxylic acids is 1. The molecule has 1 atom stereocenters. The van der Waals surface area contributed by atoms with E-state index in [2.05, 4.69) is 10.3 Å². The number of hydrogen-bond acceptors (Lipinski definition) is 4. The summed E-state index contributed by atoms with van der Waals surface area (Å²) in [4.78, 5) is 17.4. The van der Waals surface area contributed by atoms with Crippen LogP contribution in [0.2, 0.25) is 0 Å². The topological polar surface area (TPSA) is 84.3 Å². The number of nitrogens with zero attached hydrogens (tertiary/aromatic N) is 3. The van der Waals surface area contributed by atoms with Crippen molar-refractivity contribution in [1.82, 2.24) is 19.2 Å². The molecule has 1 aliphatic rings. The van der Waals surface area contributed by atoms with Gasteiger partial charge < -0.3 is 9.88 Å². The summed E-state index contributed by atoms with van der Waals surface area (Å²) in [7, 11) is -1.76. The number of benzene rings is 2. The zero-order chi connectivity index (χ0) is 22.0. The molecule has 0 radical (unpaired) electrons. The first-order chi connectivity index (χ1) is 14.9. The fourth-order valence-corrected chi connectivity index (χ4v) is 5.23. The van der Waals surface area contributed by atoms with Crippen molar-refractivity contribution >= 4 is 15.9 Å². The van der Waals surface area contributed by atoms with E-state index in [0.29, 0.717) is 30.0 Å². The summed E-state index contributed by atoms with van der Waals surface area (Å²) in [6.45, 7) is 1.03. The SMILES string of the molecule is Cn1ccnc1[C@H](NC(=O)c1ccc(S(=O)(=O)N2CCCC2)cc1)c1cccc(F)c1. The molecule has 1 saturated heterocycles. The molecule has 31 heavy (non-hydrogen) atoms. The number of rotatable bonds is 6. The normalized spacial score (nSPS) is 15.7. The van der Waals surface area contributed by atoms with Gasteiger partial charge in [0.25, 0.3) is 5.91 Å². The van der Waals surface area contributed by atoms with Crippen molar-refractivity contribution in [2.45, 2.75) is 23.8 Å². The zero-order valence-electron chi connectivity index (χ0n) is 17.0. The first-order valence-corrected chi connectivity index (χ1v) is 11.4. The van der Waals surface area contributed by atoms with Crippen molar-refractivity contribution in [3.05, 3.63) is 83.7 Å². The second-order valence-corrected chi connectivity index (χ2v) is 9.43. The molecule has 2 heterocycles. The fraction of sp³-hybridized carbons (Fsp3) is 0.273. The number of amides is 1. The molecule has 7 nitrogen and oxygen atoms in total. The molecular weight excluding hydrogens is 419 g/mol. The number of imidazole rings is 1. The first-order valence-electron chi connectivity index (χ1n) is 10.00. The summed E-state index contributed by atoms with van der Waals surface area (Å²) >= 11 is 0. The van der Waals surface area contributed by atoms with Crippen LogP contribution in [0.25, 0.3) is 0 Å². The molecule has 1 N–H and O–H groups in total. The van der Waals surface area contributed by atoms with Gasteiger partial charge in [-0.1, -0.05) is 12.1 Å². The summed E-state index contributed by atoms with van der Waals surface area (Å²) in [5, 5.41) is 2.88. The van der Waals surface area contributed by atoms with E-state index in [1.165, 1.54) is 40.7 Å². The zero-order valence-corrected chi connectivity index (χ0v) is 17.8. The maximum atomic E-state index is 13.8. The molecule has 1 amide bonds. The highest BCUT2D eigenvalue weighted by atomic mass is 32.2. The fourth-order valence-electron chi connectivity index (χ4n) is 3.71. The number of aromatic nitrogens is 2. The van der Waals surface area contributed by atoms with Crippen molar-refractivity contribution in [3.8, 4) is 0 Å². The Labute approximate surface area is 180 Å². The lowest BCUT2D eigenvalue weighted by Crippen LogP contribution is -2.31. The highest BCUT2D eigenvalue weighted by Gasteiger charge is 2.27. The van der Waals surface area contributed by atoms with E-state index in [-0.39, 0.29) is 4.90 Å². The highest BCUT2D eigenvalue weighted by Crippen LogP contribution is 2.23. The molecule has 2 aromatic carbocycles. The van der Waals surface area contributed by atoms with Crippen LogP contribution in [0.15, 0.2) is 65.8 Å². The molecule has 0 unspecified atom stereocenters. The van der Waals surface area contributed by atoms with Gasteiger partial charge in [0.1, 0.15) is 17.7 Å². The lowest BCUT2D eigenvalue weighted by atomic mass is 10.0. The third kappa shape index (κ3) is 4.38. The van der Waals surface area contributed by atoms with E-state index in [1.54, 1.807) is 36.1 Å². The van der Waals surface area contributed by atoms with Crippen LogP contribution in [-0.4, -0.2) is 41.3 Å². The lowest BCUT2D eigenvalue weighted by molar-refractivity contribution is 0.0941. The Morgan fingerprint density at radius 2 is 1.84 bits per heavy atom. The van der Waals surface area contributed by atoms with Crippen molar-refractivity contribution < 1.29 is 17.6 Å². The Bertz CT molecular complexity index is 1190. The molecule has 0 bridgehead atoms. The molecule has 4 rings (SSSR count). The van der Waals surface area contributed by atoms with E-state index in [4.69, 9.17) is 0 Å². The van der Waals surface area contributed by atoms with Gasteiger partial charge in [0, 0.05) is 38.1 Å². The van der Waals surface area contributed by atoms with E-state index < -0.39 is 27.8 Å². The smallest absolute Gasteiger partial charge is 0.252 e. The number of hydrogen-bond donors (Lipinski definition) is 1. The monoisotopic (exact) mass is 442 g/mol. The molecule has 1 aliphatic heterocycles. The van der Waals surface area contributed by atoms with Gasteiger partial charge in [0.15, 0.2) is 0 Å². The standard InChI is InChI=1S/C22H23FN4O3S/c1-26-14-11-24-21(26)20(17-5-4-6-18(23)15-17)25-22(28)16-7-9-19(10-8-16)31(29,30)27-12-2-3-13-27/h4-11,14-15,20H,2-3,12-13H2,1H3,(H,25,28)/t20-/m1/s1. The van der Waals surface area contributed by atoms with Crippen LogP contribution in [-0.2, 0) is 17.1 Å².